The van der Waals surface area contributed by atoms with Gasteiger partial charge in [0, 0.05) is 10.5 Å². The number of halogens is 1. The summed E-state index contributed by atoms with van der Waals surface area (Å²) in [6, 6.07) is 12.1. The van der Waals surface area contributed by atoms with Crippen molar-refractivity contribution in [2.45, 2.75) is 38.1 Å². The van der Waals surface area contributed by atoms with Gasteiger partial charge in [0.05, 0.1) is 18.3 Å². The van der Waals surface area contributed by atoms with E-state index < -0.39 is 0 Å². The molecule has 1 saturated carbocycles. The fourth-order valence-electron chi connectivity index (χ4n) is 2.83. The van der Waals surface area contributed by atoms with Gasteiger partial charge in [0.15, 0.2) is 0 Å². The molecule has 0 unspecified atom stereocenters. The summed E-state index contributed by atoms with van der Waals surface area (Å²) in [6.45, 7) is 0. The van der Waals surface area contributed by atoms with E-state index in [9.17, 15) is 4.79 Å². The SMILES string of the molecule is O=C(Cc1ccc(Br)cc1)Nc1ccc(NC2CCCC2)cn1. The second-order valence-corrected chi connectivity index (χ2v) is 6.82. The lowest BCUT2D eigenvalue weighted by Crippen LogP contribution is -2.16. The third-order valence-corrected chi connectivity index (χ3v) is 4.56. The third-order valence-electron chi connectivity index (χ3n) is 4.03. The molecule has 0 spiro atoms. The molecule has 0 atom stereocenters. The lowest BCUT2D eigenvalue weighted by molar-refractivity contribution is -0.115. The van der Waals surface area contributed by atoms with Crippen LogP contribution in [0.15, 0.2) is 47.1 Å². The highest BCUT2D eigenvalue weighted by molar-refractivity contribution is 9.10. The third kappa shape index (κ3) is 4.79. The van der Waals surface area contributed by atoms with Crippen LogP contribution in [0.4, 0.5) is 11.5 Å². The van der Waals surface area contributed by atoms with Crippen LogP contribution in [0, 0.1) is 0 Å². The van der Waals surface area contributed by atoms with Crippen molar-refractivity contribution in [3.05, 3.63) is 52.6 Å². The number of pyridine rings is 1. The highest BCUT2D eigenvalue weighted by Crippen LogP contribution is 2.22. The number of aromatic nitrogens is 1. The maximum Gasteiger partial charge on any atom is 0.229 e. The molecule has 23 heavy (non-hydrogen) atoms. The van der Waals surface area contributed by atoms with Gasteiger partial charge in [-0.05, 0) is 42.7 Å². The molecule has 5 heteroatoms. The lowest BCUT2D eigenvalue weighted by Gasteiger charge is -2.13. The van der Waals surface area contributed by atoms with Crippen molar-refractivity contribution in [1.82, 2.24) is 4.98 Å². The van der Waals surface area contributed by atoms with Gasteiger partial charge < -0.3 is 10.6 Å². The zero-order valence-electron chi connectivity index (χ0n) is 12.9. The van der Waals surface area contributed by atoms with E-state index in [-0.39, 0.29) is 5.91 Å². The number of carbonyl (C=O) groups excluding carboxylic acids is 1. The lowest BCUT2D eigenvalue weighted by atomic mass is 10.1. The largest absolute Gasteiger partial charge is 0.381 e. The molecule has 1 aromatic carbocycles. The molecular weight excluding hydrogens is 354 g/mol. The van der Waals surface area contributed by atoms with Gasteiger partial charge in [-0.3, -0.25) is 4.79 Å². The molecule has 1 aliphatic carbocycles. The van der Waals surface area contributed by atoms with Crippen LogP contribution in [0.1, 0.15) is 31.2 Å². The first-order valence-electron chi connectivity index (χ1n) is 7.96. The summed E-state index contributed by atoms with van der Waals surface area (Å²) < 4.78 is 1.01. The fraction of sp³-hybridized carbons (Fsp3) is 0.333. The van der Waals surface area contributed by atoms with Crippen LogP contribution < -0.4 is 10.6 Å². The Hall–Kier alpha value is -1.88. The van der Waals surface area contributed by atoms with Crippen LogP contribution in [0.2, 0.25) is 0 Å². The number of hydrogen-bond acceptors (Lipinski definition) is 3. The fourth-order valence-corrected chi connectivity index (χ4v) is 3.10. The number of benzene rings is 1. The Labute approximate surface area is 144 Å². The second-order valence-electron chi connectivity index (χ2n) is 5.91. The molecule has 0 aliphatic heterocycles. The summed E-state index contributed by atoms with van der Waals surface area (Å²) in [4.78, 5) is 16.4. The Bertz CT molecular complexity index is 649. The molecule has 1 heterocycles. The number of anilines is 2. The van der Waals surface area contributed by atoms with E-state index in [1.165, 1.54) is 25.7 Å². The average Bonchev–Trinajstić information content (AvgIpc) is 3.04. The summed E-state index contributed by atoms with van der Waals surface area (Å²) in [5.41, 5.74) is 1.99. The van der Waals surface area contributed by atoms with Gasteiger partial charge in [-0.15, -0.1) is 0 Å². The van der Waals surface area contributed by atoms with Crippen molar-refractivity contribution in [2.24, 2.45) is 0 Å². The number of hydrogen-bond donors (Lipinski definition) is 2. The van der Waals surface area contributed by atoms with Crippen molar-refractivity contribution >= 4 is 33.3 Å². The molecule has 0 bridgehead atoms. The minimum absolute atomic E-state index is 0.0590. The van der Waals surface area contributed by atoms with E-state index in [1.807, 2.05) is 36.4 Å². The van der Waals surface area contributed by atoms with Crippen LogP contribution >= 0.6 is 15.9 Å². The van der Waals surface area contributed by atoms with E-state index in [0.29, 0.717) is 18.3 Å². The molecule has 4 nitrogen and oxygen atoms in total. The summed E-state index contributed by atoms with van der Waals surface area (Å²) >= 11 is 3.39. The zero-order chi connectivity index (χ0) is 16.1. The molecule has 1 fully saturated rings. The van der Waals surface area contributed by atoms with Gasteiger partial charge >= 0.3 is 0 Å². The number of nitrogens with one attached hydrogen (secondary N) is 2. The Morgan fingerprint density at radius 3 is 2.52 bits per heavy atom. The smallest absolute Gasteiger partial charge is 0.229 e. The van der Waals surface area contributed by atoms with Crippen molar-refractivity contribution in [3.63, 3.8) is 0 Å². The summed E-state index contributed by atoms with van der Waals surface area (Å²) in [7, 11) is 0. The Balaban J connectivity index is 1.52. The van der Waals surface area contributed by atoms with Crippen LogP contribution in [-0.2, 0) is 11.2 Å². The van der Waals surface area contributed by atoms with Crippen molar-refractivity contribution in [2.75, 3.05) is 10.6 Å². The van der Waals surface area contributed by atoms with Gasteiger partial charge in [0.1, 0.15) is 5.82 Å². The van der Waals surface area contributed by atoms with E-state index >= 15 is 0 Å². The van der Waals surface area contributed by atoms with Gasteiger partial charge in [0.2, 0.25) is 5.91 Å². The van der Waals surface area contributed by atoms with Crippen LogP contribution in [0.25, 0.3) is 0 Å². The normalized spacial score (nSPS) is 14.7. The maximum atomic E-state index is 12.1. The number of carbonyl (C=O) groups is 1. The molecule has 1 aromatic heterocycles. The zero-order valence-corrected chi connectivity index (χ0v) is 14.5. The molecule has 1 aliphatic rings. The molecule has 2 N–H and O–H groups in total. The first-order valence-corrected chi connectivity index (χ1v) is 8.75. The van der Waals surface area contributed by atoms with Gasteiger partial charge in [-0.1, -0.05) is 40.9 Å². The van der Waals surface area contributed by atoms with E-state index in [1.54, 1.807) is 6.20 Å². The number of rotatable bonds is 5. The highest BCUT2D eigenvalue weighted by atomic mass is 79.9. The average molecular weight is 374 g/mol. The number of amides is 1. The molecule has 1 amide bonds. The minimum atomic E-state index is -0.0590. The van der Waals surface area contributed by atoms with Crippen molar-refractivity contribution in [1.29, 1.82) is 0 Å². The van der Waals surface area contributed by atoms with E-state index in [0.717, 1.165) is 15.7 Å². The maximum absolute atomic E-state index is 12.1. The van der Waals surface area contributed by atoms with Crippen LogP contribution in [-0.4, -0.2) is 16.9 Å². The molecule has 0 radical (unpaired) electrons. The van der Waals surface area contributed by atoms with Crippen LogP contribution in [0.5, 0.6) is 0 Å². The Morgan fingerprint density at radius 1 is 1.13 bits per heavy atom. The molecule has 3 rings (SSSR count). The Kier molecular flexibility index (Phi) is 5.28. The van der Waals surface area contributed by atoms with E-state index in [2.05, 4.69) is 31.5 Å². The first-order chi connectivity index (χ1) is 11.2. The predicted molar refractivity (Wildman–Crippen MR) is 96.6 cm³/mol. The van der Waals surface area contributed by atoms with Gasteiger partial charge in [-0.2, -0.15) is 0 Å². The molecule has 2 aromatic rings. The summed E-state index contributed by atoms with van der Waals surface area (Å²) in [6.07, 6.45) is 7.19. The van der Waals surface area contributed by atoms with Gasteiger partial charge in [0.25, 0.3) is 0 Å². The molecular formula is C18H20BrN3O. The number of nitrogens with zero attached hydrogens (tertiary/aromatic N) is 1. The monoisotopic (exact) mass is 373 g/mol. The van der Waals surface area contributed by atoms with Crippen LogP contribution in [0.3, 0.4) is 0 Å². The standard InChI is InChI=1S/C18H20BrN3O/c19-14-7-5-13(6-8-14)11-18(23)22-17-10-9-16(12-20-17)21-15-3-1-2-4-15/h5-10,12,15,21H,1-4,11H2,(H,20,22,23). The Morgan fingerprint density at radius 2 is 1.87 bits per heavy atom. The minimum Gasteiger partial charge on any atom is -0.381 e. The summed E-state index contributed by atoms with van der Waals surface area (Å²) in [5.74, 6) is 0.528. The quantitative estimate of drug-likeness (QED) is 0.817. The first kappa shape index (κ1) is 16.0. The highest BCUT2D eigenvalue weighted by Gasteiger charge is 2.14. The second kappa shape index (κ2) is 7.59. The van der Waals surface area contributed by atoms with E-state index in [4.69, 9.17) is 0 Å². The predicted octanol–water partition coefficient (Wildman–Crippen LogP) is 4.38. The molecule has 0 saturated heterocycles. The summed E-state index contributed by atoms with van der Waals surface area (Å²) in [5, 5.41) is 6.32. The van der Waals surface area contributed by atoms with Crippen molar-refractivity contribution in [3.8, 4) is 0 Å². The molecule has 120 valence electrons. The topological polar surface area (TPSA) is 54.0 Å². The van der Waals surface area contributed by atoms with Gasteiger partial charge in [-0.25, -0.2) is 4.98 Å². The van der Waals surface area contributed by atoms with Crippen molar-refractivity contribution < 1.29 is 4.79 Å².